The number of hydrogen-bond acceptors (Lipinski definition) is 6. The Morgan fingerprint density at radius 1 is 0.677 bits per heavy atom. The Hall–Kier alpha value is -5.84. The van der Waals surface area contributed by atoms with Crippen LogP contribution in [-0.2, 0) is 22.4 Å². The molecule has 9 rings (SSSR count). The fourth-order valence-corrected chi connectivity index (χ4v) is 10.2. The van der Waals surface area contributed by atoms with E-state index in [-0.39, 0.29) is 36.0 Å². The number of hydrogen-bond donors (Lipinski definition) is 2. The highest BCUT2D eigenvalue weighted by Crippen LogP contribution is 2.41. The summed E-state index contributed by atoms with van der Waals surface area (Å²) < 4.78 is 0. The summed E-state index contributed by atoms with van der Waals surface area (Å²) in [5, 5.41) is 0. The van der Waals surface area contributed by atoms with Gasteiger partial charge in [0.25, 0.3) is 0 Å². The van der Waals surface area contributed by atoms with Gasteiger partial charge >= 0.3 is 0 Å². The summed E-state index contributed by atoms with van der Waals surface area (Å²) in [7, 11) is 2.02. The minimum atomic E-state index is -0.338. The fraction of sp³-hybridized carbons (Fsp3) is 0.385. The van der Waals surface area contributed by atoms with Crippen LogP contribution in [0.4, 0.5) is 0 Å². The molecule has 0 bridgehead atoms. The smallest absolute Gasteiger partial charge is 0.245 e. The number of aryl methyl sites for hydroxylation is 2. The molecule has 2 aromatic heterocycles. The topological polar surface area (TPSA) is 104 Å². The zero-order valence-electron chi connectivity index (χ0n) is 36.7. The number of carbonyl (C=O) groups is 2. The highest BCUT2D eigenvalue weighted by molar-refractivity contribution is 5.85. The van der Waals surface area contributed by atoms with Crippen molar-refractivity contribution in [2.24, 2.45) is 0 Å². The van der Waals surface area contributed by atoms with E-state index in [1.165, 1.54) is 11.1 Å². The molecule has 2 amide bonds. The third-order valence-corrected chi connectivity index (χ3v) is 13.7. The third kappa shape index (κ3) is 8.02. The van der Waals surface area contributed by atoms with Gasteiger partial charge in [0.15, 0.2) is 0 Å². The molecule has 2 unspecified atom stereocenters. The van der Waals surface area contributed by atoms with Gasteiger partial charge in [0.1, 0.15) is 23.7 Å². The van der Waals surface area contributed by atoms with E-state index in [2.05, 4.69) is 112 Å². The Morgan fingerprint density at radius 3 is 1.98 bits per heavy atom. The van der Waals surface area contributed by atoms with Crippen molar-refractivity contribution < 1.29 is 9.59 Å². The molecule has 1 aliphatic carbocycles. The van der Waals surface area contributed by atoms with E-state index >= 15 is 0 Å². The maximum atomic E-state index is 14.6. The fourth-order valence-electron chi connectivity index (χ4n) is 10.2. The molecule has 4 heterocycles. The molecular weight excluding hydrogens is 769 g/mol. The number of nitrogens with zero attached hydrogens (tertiary/aromatic N) is 6. The SMILES string of the molecule is CCN(C)C(C(=O)N1CCC[C@H]1c1ncc(-c2cccc(-c3ccc4c(c3)-c3nc(C5CCCN5C(=O)[C@@H](c5ccccc5)N(CC)CC)[nH]c3CCC4)c2)[nH]1)c1ccccc1. The molecule has 2 saturated heterocycles. The van der Waals surface area contributed by atoms with E-state index in [0.29, 0.717) is 0 Å². The minimum Gasteiger partial charge on any atom is -0.344 e. The van der Waals surface area contributed by atoms with E-state index in [1.807, 2.05) is 54.5 Å². The van der Waals surface area contributed by atoms with Crippen LogP contribution in [0, 0.1) is 0 Å². The monoisotopic (exact) mass is 828 g/mol. The molecule has 0 radical (unpaired) electrons. The Balaban J connectivity index is 0.969. The summed E-state index contributed by atoms with van der Waals surface area (Å²) in [6.07, 6.45) is 8.54. The lowest BCUT2D eigenvalue weighted by atomic mass is 9.95. The van der Waals surface area contributed by atoms with Crippen LogP contribution in [-0.4, -0.2) is 91.1 Å². The molecule has 10 nitrogen and oxygen atoms in total. The molecule has 10 heteroatoms. The number of carbonyl (C=O) groups excluding carboxylic acids is 2. The molecule has 6 aromatic rings. The second-order valence-electron chi connectivity index (χ2n) is 17.2. The van der Waals surface area contributed by atoms with Crippen LogP contribution in [0.1, 0.15) is 111 Å². The number of likely N-dealkylation sites (tertiary alicyclic amines) is 2. The van der Waals surface area contributed by atoms with Crippen molar-refractivity contribution >= 4 is 11.8 Å². The first-order valence-electron chi connectivity index (χ1n) is 22.9. The highest BCUT2D eigenvalue weighted by Gasteiger charge is 2.40. The molecule has 3 aliphatic rings. The van der Waals surface area contributed by atoms with Crippen molar-refractivity contribution in [2.45, 2.75) is 89.9 Å². The van der Waals surface area contributed by atoms with Gasteiger partial charge < -0.3 is 19.8 Å². The minimum absolute atomic E-state index is 0.0868. The first-order chi connectivity index (χ1) is 30.4. The lowest BCUT2D eigenvalue weighted by Crippen LogP contribution is -2.43. The predicted octanol–water partition coefficient (Wildman–Crippen LogP) is 9.73. The number of nitrogens with one attached hydrogen (secondary N) is 2. The Morgan fingerprint density at radius 2 is 1.31 bits per heavy atom. The average Bonchev–Trinajstić information content (AvgIpc) is 4.15. The van der Waals surface area contributed by atoms with Crippen molar-refractivity contribution in [3.8, 4) is 33.6 Å². The maximum Gasteiger partial charge on any atom is 0.245 e. The third-order valence-electron chi connectivity index (χ3n) is 13.7. The van der Waals surface area contributed by atoms with Crippen LogP contribution in [0.5, 0.6) is 0 Å². The van der Waals surface area contributed by atoms with Gasteiger partial charge in [-0.05, 0) is 112 Å². The van der Waals surface area contributed by atoms with Crippen LogP contribution in [0.2, 0.25) is 0 Å². The molecule has 320 valence electrons. The van der Waals surface area contributed by atoms with Gasteiger partial charge in [-0.15, -0.1) is 0 Å². The maximum absolute atomic E-state index is 14.6. The molecule has 0 spiro atoms. The average molecular weight is 829 g/mol. The van der Waals surface area contributed by atoms with Crippen LogP contribution in [0.15, 0.2) is 109 Å². The van der Waals surface area contributed by atoms with Crippen molar-refractivity contribution in [1.29, 1.82) is 0 Å². The molecule has 62 heavy (non-hydrogen) atoms. The molecule has 2 aliphatic heterocycles. The van der Waals surface area contributed by atoms with E-state index < -0.39 is 0 Å². The molecule has 2 fully saturated rings. The summed E-state index contributed by atoms with van der Waals surface area (Å²) in [6, 6.07) is 35.0. The number of likely N-dealkylation sites (N-methyl/N-ethyl adjacent to an activating group) is 2. The summed E-state index contributed by atoms with van der Waals surface area (Å²) in [4.78, 5) is 55.0. The normalized spacial score (nSPS) is 18.5. The summed E-state index contributed by atoms with van der Waals surface area (Å²) in [6.45, 7) is 10.2. The quantitative estimate of drug-likeness (QED) is 0.120. The zero-order valence-corrected chi connectivity index (χ0v) is 36.7. The van der Waals surface area contributed by atoms with Crippen molar-refractivity contribution in [3.63, 3.8) is 0 Å². The van der Waals surface area contributed by atoms with E-state index in [4.69, 9.17) is 9.97 Å². The predicted molar refractivity (Wildman–Crippen MR) is 246 cm³/mol. The zero-order chi connectivity index (χ0) is 42.7. The van der Waals surface area contributed by atoms with Gasteiger partial charge in [0.05, 0.1) is 29.7 Å². The molecule has 4 atom stereocenters. The summed E-state index contributed by atoms with van der Waals surface area (Å²) >= 11 is 0. The Kier molecular flexibility index (Phi) is 12.2. The van der Waals surface area contributed by atoms with Crippen LogP contribution < -0.4 is 0 Å². The van der Waals surface area contributed by atoms with Crippen LogP contribution >= 0.6 is 0 Å². The van der Waals surface area contributed by atoms with E-state index in [0.717, 1.165) is 134 Å². The molecular formula is C52H60N8O2. The number of fused-ring (bicyclic) bond motifs is 3. The van der Waals surface area contributed by atoms with Crippen molar-refractivity contribution in [3.05, 3.63) is 143 Å². The van der Waals surface area contributed by atoms with Gasteiger partial charge in [0.2, 0.25) is 11.8 Å². The highest BCUT2D eigenvalue weighted by atomic mass is 16.2. The number of aromatic amines is 2. The lowest BCUT2D eigenvalue weighted by Gasteiger charge is -2.34. The molecule has 4 aromatic carbocycles. The van der Waals surface area contributed by atoms with Gasteiger partial charge in [-0.3, -0.25) is 19.4 Å². The number of rotatable bonds is 13. The number of aromatic nitrogens is 4. The number of imidazole rings is 2. The molecule has 2 N–H and O–H groups in total. The van der Waals surface area contributed by atoms with E-state index in [1.54, 1.807) is 0 Å². The van der Waals surface area contributed by atoms with Crippen molar-refractivity contribution in [2.75, 3.05) is 39.8 Å². The van der Waals surface area contributed by atoms with E-state index in [9.17, 15) is 9.59 Å². The van der Waals surface area contributed by atoms with Crippen LogP contribution in [0.25, 0.3) is 33.6 Å². The first kappa shape index (κ1) is 41.5. The Labute approximate surface area is 366 Å². The van der Waals surface area contributed by atoms with Gasteiger partial charge in [0, 0.05) is 29.9 Å². The van der Waals surface area contributed by atoms with Crippen LogP contribution in [0.3, 0.4) is 0 Å². The Bertz CT molecular complexity index is 2490. The summed E-state index contributed by atoms with van der Waals surface area (Å²) in [5.41, 5.74) is 10.9. The van der Waals surface area contributed by atoms with Crippen molar-refractivity contribution in [1.82, 2.24) is 39.5 Å². The first-order valence-corrected chi connectivity index (χ1v) is 22.9. The largest absolute Gasteiger partial charge is 0.344 e. The summed E-state index contributed by atoms with van der Waals surface area (Å²) in [5.74, 6) is 2.02. The second kappa shape index (κ2) is 18.2. The van der Waals surface area contributed by atoms with Gasteiger partial charge in [-0.25, -0.2) is 9.97 Å². The van der Waals surface area contributed by atoms with Gasteiger partial charge in [-0.2, -0.15) is 0 Å². The second-order valence-corrected chi connectivity index (χ2v) is 17.2. The standard InChI is InChI=1S/C52H60N8O2/c1-5-57(4)47(36-18-10-8-11-19-36)51(61)59-30-16-26-44(59)49-53-34-43(55-49)40-24-14-23-38(32-40)39-29-28-35-22-15-25-42-46(41(35)33-39)56-50(54-42)45-27-17-31-60(45)52(62)48(58(6-2)7-3)37-20-12-9-13-21-37/h8-14,18-21,23-24,28-29,32-34,44-45,47-48H,5-7,15-17,22,25-27,30-31H2,1-4H3,(H,53,55)(H,54,56)/t44-,45?,47?,48+/m0/s1. The van der Waals surface area contributed by atoms with Gasteiger partial charge in [-0.1, -0.05) is 112 Å². The number of H-pyrrole nitrogens is 2. The number of amides is 2. The number of benzene rings is 4. The molecule has 0 saturated carbocycles. The lowest BCUT2D eigenvalue weighted by molar-refractivity contribution is -0.139.